The van der Waals surface area contributed by atoms with Gasteiger partial charge in [0.2, 0.25) is 0 Å². The number of hydrogen-bond donors (Lipinski definition) is 1. The molecule has 146 valence electrons. The topological polar surface area (TPSA) is 52.6 Å². The second-order valence-corrected chi connectivity index (χ2v) is 8.06. The molecule has 0 spiro atoms. The normalized spacial score (nSPS) is 16.4. The monoisotopic (exact) mass is 399 g/mol. The first kappa shape index (κ1) is 19.5. The number of halogens is 3. The van der Waals surface area contributed by atoms with Crippen LogP contribution in [-0.2, 0) is 16.2 Å². The second kappa shape index (κ2) is 7.40. The highest BCUT2D eigenvalue weighted by Gasteiger charge is 2.37. The number of benzene rings is 2. The number of hydrogen-bond acceptors (Lipinski definition) is 4. The molecule has 0 radical (unpaired) electrons. The van der Waals surface area contributed by atoms with E-state index in [-0.39, 0.29) is 5.69 Å². The van der Waals surface area contributed by atoms with Crippen LogP contribution in [0.5, 0.6) is 0 Å². The molecule has 1 aliphatic rings. The van der Waals surface area contributed by atoms with E-state index in [1.54, 1.807) is 24.3 Å². The maximum atomic E-state index is 13.2. The highest BCUT2D eigenvalue weighted by Crippen LogP contribution is 2.35. The first-order valence-corrected chi connectivity index (χ1v) is 9.88. The molecular formula is C18H20F3N3O2S. The fourth-order valence-corrected chi connectivity index (χ4v) is 4.32. The van der Waals surface area contributed by atoms with Crippen LogP contribution in [0.15, 0.2) is 53.4 Å². The molecule has 0 atom stereocenters. The average Bonchev–Trinajstić information content (AvgIpc) is 2.62. The van der Waals surface area contributed by atoms with Crippen molar-refractivity contribution < 1.29 is 21.6 Å². The highest BCUT2D eigenvalue weighted by atomic mass is 32.2. The summed E-state index contributed by atoms with van der Waals surface area (Å²) in [6.07, 6.45) is -4.76. The van der Waals surface area contributed by atoms with Gasteiger partial charge in [-0.1, -0.05) is 24.3 Å². The van der Waals surface area contributed by atoms with Gasteiger partial charge in [-0.05, 0) is 31.3 Å². The van der Waals surface area contributed by atoms with Gasteiger partial charge in [-0.25, -0.2) is 8.42 Å². The van der Waals surface area contributed by atoms with Crippen molar-refractivity contribution in [3.63, 3.8) is 0 Å². The summed E-state index contributed by atoms with van der Waals surface area (Å²) < 4.78 is 67.4. The maximum absolute atomic E-state index is 13.2. The van der Waals surface area contributed by atoms with Gasteiger partial charge >= 0.3 is 6.18 Å². The molecule has 0 aliphatic carbocycles. The molecule has 1 heterocycles. The zero-order valence-corrected chi connectivity index (χ0v) is 15.5. The van der Waals surface area contributed by atoms with E-state index < -0.39 is 26.7 Å². The minimum Gasteiger partial charge on any atom is -0.367 e. The summed E-state index contributed by atoms with van der Waals surface area (Å²) in [5.74, 6) is 0. The molecule has 1 saturated heterocycles. The summed E-state index contributed by atoms with van der Waals surface area (Å²) in [5.41, 5.74) is -0.271. The van der Waals surface area contributed by atoms with Gasteiger partial charge in [0.25, 0.3) is 10.0 Å². The van der Waals surface area contributed by atoms with Crippen LogP contribution < -0.4 is 9.62 Å². The summed E-state index contributed by atoms with van der Waals surface area (Å²) in [5, 5.41) is 0. The minimum absolute atomic E-state index is 0.263. The fraction of sp³-hybridized carbons (Fsp3) is 0.333. The van der Waals surface area contributed by atoms with Crippen LogP contribution >= 0.6 is 0 Å². The van der Waals surface area contributed by atoms with Gasteiger partial charge in [0, 0.05) is 26.2 Å². The smallest absolute Gasteiger partial charge is 0.367 e. The Morgan fingerprint density at radius 1 is 0.926 bits per heavy atom. The van der Waals surface area contributed by atoms with E-state index in [9.17, 15) is 21.6 Å². The SMILES string of the molecule is CN1CCN(c2ccccc2NS(=O)(=O)c2ccccc2C(F)(F)F)CC1. The molecule has 5 nitrogen and oxygen atoms in total. The van der Waals surface area contributed by atoms with Gasteiger partial charge in [-0.3, -0.25) is 4.72 Å². The quantitative estimate of drug-likeness (QED) is 0.858. The summed E-state index contributed by atoms with van der Waals surface area (Å²) in [6.45, 7) is 3.04. The van der Waals surface area contributed by atoms with Crippen molar-refractivity contribution in [1.82, 2.24) is 4.90 Å². The Balaban J connectivity index is 1.94. The van der Waals surface area contributed by atoms with E-state index in [4.69, 9.17) is 0 Å². The Morgan fingerprint density at radius 2 is 1.52 bits per heavy atom. The molecule has 0 unspecified atom stereocenters. The van der Waals surface area contributed by atoms with E-state index in [1.165, 1.54) is 12.1 Å². The van der Waals surface area contributed by atoms with Crippen LogP contribution in [0.3, 0.4) is 0 Å². The van der Waals surface area contributed by atoms with E-state index in [2.05, 4.69) is 9.62 Å². The molecular weight excluding hydrogens is 379 g/mol. The lowest BCUT2D eigenvalue weighted by Crippen LogP contribution is -2.44. The van der Waals surface area contributed by atoms with Crippen LogP contribution in [0.4, 0.5) is 24.5 Å². The second-order valence-electron chi connectivity index (χ2n) is 6.41. The van der Waals surface area contributed by atoms with Crippen molar-refractivity contribution in [3.8, 4) is 0 Å². The summed E-state index contributed by atoms with van der Waals surface area (Å²) in [4.78, 5) is 3.39. The van der Waals surface area contributed by atoms with Crippen LogP contribution in [-0.4, -0.2) is 46.5 Å². The summed E-state index contributed by atoms with van der Waals surface area (Å²) in [7, 11) is -2.41. The van der Waals surface area contributed by atoms with Crippen molar-refractivity contribution in [3.05, 3.63) is 54.1 Å². The van der Waals surface area contributed by atoms with Gasteiger partial charge in [0.05, 0.1) is 21.8 Å². The molecule has 27 heavy (non-hydrogen) atoms. The largest absolute Gasteiger partial charge is 0.417 e. The van der Waals surface area contributed by atoms with E-state index >= 15 is 0 Å². The van der Waals surface area contributed by atoms with Crippen LogP contribution in [0, 0.1) is 0 Å². The van der Waals surface area contributed by atoms with Gasteiger partial charge in [0.15, 0.2) is 0 Å². The molecule has 2 aromatic rings. The number of para-hydroxylation sites is 2. The molecule has 3 rings (SSSR count). The number of sulfonamides is 1. The van der Waals surface area contributed by atoms with Crippen LogP contribution in [0.25, 0.3) is 0 Å². The molecule has 2 aromatic carbocycles. The Labute approximate surface area is 156 Å². The third-order valence-electron chi connectivity index (χ3n) is 4.47. The third kappa shape index (κ3) is 4.36. The number of nitrogens with zero attached hydrogens (tertiary/aromatic N) is 2. The Morgan fingerprint density at radius 3 is 2.19 bits per heavy atom. The number of nitrogens with one attached hydrogen (secondary N) is 1. The number of alkyl halides is 3. The van der Waals surface area contributed by atoms with Crippen LogP contribution in [0.2, 0.25) is 0 Å². The molecule has 0 bridgehead atoms. The molecule has 0 saturated carbocycles. The Kier molecular flexibility index (Phi) is 5.34. The molecule has 1 N–H and O–H groups in total. The Hall–Kier alpha value is -2.26. The molecule has 0 aromatic heterocycles. The lowest BCUT2D eigenvalue weighted by Gasteiger charge is -2.35. The van der Waals surface area contributed by atoms with Crippen molar-refractivity contribution >= 4 is 21.4 Å². The number of likely N-dealkylation sites (N-methyl/N-ethyl adjacent to an activating group) is 1. The minimum atomic E-state index is -4.76. The van der Waals surface area contributed by atoms with E-state index in [0.717, 1.165) is 25.2 Å². The highest BCUT2D eigenvalue weighted by molar-refractivity contribution is 7.92. The van der Waals surface area contributed by atoms with Gasteiger partial charge in [0.1, 0.15) is 0 Å². The number of rotatable bonds is 4. The first-order chi connectivity index (χ1) is 12.7. The van der Waals surface area contributed by atoms with Crippen molar-refractivity contribution in [2.24, 2.45) is 0 Å². The van der Waals surface area contributed by atoms with Crippen LogP contribution in [0.1, 0.15) is 5.56 Å². The molecule has 9 heteroatoms. The Bertz CT molecular complexity index is 908. The predicted octanol–water partition coefficient (Wildman–Crippen LogP) is 3.26. The predicted molar refractivity (Wildman–Crippen MR) is 98.4 cm³/mol. The van der Waals surface area contributed by atoms with Crippen molar-refractivity contribution in [1.29, 1.82) is 0 Å². The molecule has 0 amide bonds. The number of piperazine rings is 1. The molecule has 1 fully saturated rings. The summed E-state index contributed by atoms with van der Waals surface area (Å²) in [6, 6.07) is 10.9. The fourth-order valence-electron chi connectivity index (χ4n) is 3.02. The van der Waals surface area contributed by atoms with E-state index in [1.807, 2.05) is 11.9 Å². The molecule has 1 aliphatic heterocycles. The summed E-state index contributed by atoms with van der Waals surface area (Å²) >= 11 is 0. The lowest BCUT2D eigenvalue weighted by molar-refractivity contribution is -0.139. The van der Waals surface area contributed by atoms with Gasteiger partial charge < -0.3 is 9.80 Å². The maximum Gasteiger partial charge on any atom is 0.417 e. The van der Waals surface area contributed by atoms with Crippen molar-refractivity contribution in [2.45, 2.75) is 11.1 Å². The zero-order valence-electron chi connectivity index (χ0n) is 14.7. The van der Waals surface area contributed by atoms with Gasteiger partial charge in [-0.2, -0.15) is 13.2 Å². The first-order valence-electron chi connectivity index (χ1n) is 8.40. The third-order valence-corrected chi connectivity index (χ3v) is 5.90. The lowest BCUT2D eigenvalue weighted by atomic mass is 10.2. The standard InChI is InChI=1S/C18H20F3N3O2S/c1-23-10-12-24(13-11-23)16-8-4-3-7-15(16)22-27(25,26)17-9-5-2-6-14(17)18(19,20)21/h2-9,22H,10-13H2,1H3. The van der Waals surface area contributed by atoms with Gasteiger partial charge in [-0.15, -0.1) is 0 Å². The zero-order chi connectivity index (χ0) is 19.7. The van der Waals surface area contributed by atoms with E-state index in [0.29, 0.717) is 18.8 Å². The van der Waals surface area contributed by atoms with Crippen molar-refractivity contribution in [2.75, 3.05) is 42.8 Å². The average molecular weight is 399 g/mol. The number of anilines is 2.